The van der Waals surface area contributed by atoms with Crippen LogP contribution >= 0.6 is 0 Å². The van der Waals surface area contributed by atoms with Gasteiger partial charge in [0.1, 0.15) is 0 Å². The van der Waals surface area contributed by atoms with Crippen molar-refractivity contribution in [1.29, 1.82) is 0 Å². The summed E-state index contributed by atoms with van der Waals surface area (Å²) in [5.41, 5.74) is 0.755. The topological polar surface area (TPSA) is 58.2 Å². The summed E-state index contributed by atoms with van der Waals surface area (Å²) < 4.78 is 5.73. The first-order valence-corrected chi connectivity index (χ1v) is 5.26. The van der Waals surface area contributed by atoms with Crippen molar-refractivity contribution in [1.82, 2.24) is 10.2 Å². The van der Waals surface area contributed by atoms with Crippen LogP contribution in [-0.2, 0) is 4.74 Å². The Morgan fingerprint density at radius 3 is 2.80 bits per heavy atom. The third-order valence-electron chi connectivity index (χ3n) is 3.06. The third-order valence-corrected chi connectivity index (χ3v) is 3.06. The first kappa shape index (κ1) is 8.91. The van der Waals surface area contributed by atoms with Crippen LogP contribution in [-0.4, -0.2) is 35.5 Å². The van der Waals surface area contributed by atoms with Crippen molar-refractivity contribution in [2.45, 2.75) is 25.0 Å². The van der Waals surface area contributed by atoms with Crippen molar-refractivity contribution >= 4 is 5.69 Å². The summed E-state index contributed by atoms with van der Waals surface area (Å²) in [6.07, 6.45) is 4.65. The predicted molar refractivity (Wildman–Crippen MR) is 55.0 cm³/mol. The summed E-state index contributed by atoms with van der Waals surface area (Å²) in [5, 5.41) is 6.20. The molecule has 2 saturated heterocycles. The average molecular weight is 207 g/mol. The largest absolute Gasteiger partial charge is 0.371 e. The number of hydrogen-bond donors (Lipinski definition) is 1. The van der Waals surface area contributed by atoms with Crippen LogP contribution in [0.25, 0.3) is 0 Å². The van der Waals surface area contributed by atoms with E-state index >= 15 is 0 Å². The van der Waals surface area contributed by atoms with Gasteiger partial charge in [0.05, 0.1) is 24.1 Å². The molecule has 0 aromatic carbocycles. The first-order valence-electron chi connectivity index (χ1n) is 5.26. The van der Waals surface area contributed by atoms with E-state index in [4.69, 9.17) is 4.74 Å². The second-order valence-corrected chi connectivity index (χ2v) is 4.17. The number of ether oxygens (including phenoxy) is 1. The Bertz CT molecular complexity index is 405. The molecule has 0 radical (unpaired) electrons. The Hall–Kier alpha value is -1.36. The Morgan fingerprint density at radius 2 is 2.13 bits per heavy atom. The smallest absolute Gasteiger partial charge is 0.266 e. The minimum absolute atomic E-state index is 0.147. The highest BCUT2D eigenvalue weighted by atomic mass is 16.5. The highest BCUT2D eigenvalue weighted by Crippen LogP contribution is 2.28. The number of morpholine rings is 1. The maximum Gasteiger partial charge on any atom is 0.266 e. The lowest BCUT2D eigenvalue weighted by atomic mass is 10.2. The lowest BCUT2D eigenvalue weighted by Crippen LogP contribution is -2.43. The molecule has 2 unspecified atom stereocenters. The molecule has 2 aliphatic rings. The molecule has 5 nitrogen and oxygen atoms in total. The summed E-state index contributed by atoms with van der Waals surface area (Å²) in [6.45, 7) is 1.75. The number of fused-ring (bicyclic) bond motifs is 2. The number of anilines is 1. The Kier molecular flexibility index (Phi) is 1.98. The molecule has 2 fully saturated rings. The molecule has 0 amide bonds. The minimum atomic E-state index is -0.147. The van der Waals surface area contributed by atoms with Gasteiger partial charge in [0.2, 0.25) is 0 Å². The fraction of sp³-hybridized carbons (Fsp3) is 0.600. The third kappa shape index (κ3) is 1.63. The van der Waals surface area contributed by atoms with Crippen LogP contribution in [0.4, 0.5) is 5.69 Å². The van der Waals surface area contributed by atoms with Crippen LogP contribution in [0.5, 0.6) is 0 Å². The molecule has 80 valence electrons. The molecule has 1 aromatic rings. The maximum absolute atomic E-state index is 11.1. The molecule has 1 N–H and O–H groups in total. The Labute approximate surface area is 87.1 Å². The van der Waals surface area contributed by atoms with Gasteiger partial charge in [-0.05, 0) is 12.8 Å². The van der Waals surface area contributed by atoms with Gasteiger partial charge in [-0.1, -0.05) is 0 Å². The molecule has 2 bridgehead atoms. The predicted octanol–water partition coefficient (Wildman–Crippen LogP) is 0.137. The van der Waals surface area contributed by atoms with Crippen molar-refractivity contribution in [3.63, 3.8) is 0 Å². The van der Waals surface area contributed by atoms with Gasteiger partial charge in [-0.3, -0.25) is 4.79 Å². The van der Waals surface area contributed by atoms with E-state index in [-0.39, 0.29) is 5.56 Å². The zero-order chi connectivity index (χ0) is 10.3. The molecule has 2 aliphatic heterocycles. The van der Waals surface area contributed by atoms with Crippen LogP contribution in [0.3, 0.4) is 0 Å². The van der Waals surface area contributed by atoms with Gasteiger partial charge >= 0.3 is 0 Å². The van der Waals surface area contributed by atoms with Crippen molar-refractivity contribution < 1.29 is 4.74 Å². The number of rotatable bonds is 1. The molecule has 2 atom stereocenters. The molecular weight excluding hydrogens is 194 g/mol. The summed E-state index contributed by atoms with van der Waals surface area (Å²) in [4.78, 5) is 13.3. The standard InChI is InChI=1S/C10H13N3O2/c14-10-3-7(4-11-12-10)13-5-8-1-2-9(6-13)15-8/h3-4,8-9H,1-2,5-6H2,(H,12,14). The number of aromatic amines is 1. The highest BCUT2D eigenvalue weighted by Gasteiger charge is 2.33. The van der Waals surface area contributed by atoms with E-state index in [1.54, 1.807) is 12.3 Å². The zero-order valence-corrected chi connectivity index (χ0v) is 8.35. The number of aromatic nitrogens is 2. The second kappa shape index (κ2) is 3.34. The summed E-state index contributed by atoms with van der Waals surface area (Å²) in [5.74, 6) is 0. The van der Waals surface area contributed by atoms with Crippen LogP contribution in [0.1, 0.15) is 12.8 Å². The molecule has 1 aromatic heterocycles. The van der Waals surface area contributed by atoms with Gasteiger partial charge < -0.3 is 9.64 Å². The summed E-state index contributed by atoms with van der Waals surface area (Å²) in [6, 6.07) is 1.60. The van der Waals surface area contributed by atoms with Gasteiger partial charge in [0, 0.05) is 19.2 Å². The molecular formula is C10H13N3O2. The van der Waals surface area contributed by atoms with Gasteiger partial charge in [0.15, 0.2) is 0 Å². The molecule has 15 heavy (non-hydrogen) atoms. The summed E-state index contributed by atoms with van der Waals surface area (Å²) >= 11 is 0. The average Bonchev–Trinajstić information content (AvgIpc) is 2.58. The lowest BCUT2D eigenvalue weighted by molar-refractivity contribution is 0.0304. The lowest BCUT2D eigenvalue weighted by Gasteiger charge is -2.33. The van der Waals surface area contributed by atoms with Crippen LogP contribution < -0.4 is 10.5 Å². The van der Waals surface area contributed by atoms with Crippen LogP contribution in [0.2, 0.25) is 0 Å². The van der Waals surface area contributed by atoms with E-state index in [1.165, 1.54) is 0 Å². The maximum atomic E-state index is 11.1. The normalized spacial score (nSPS) is 29.5. The van der Waals surface area contributed by atoms with Crippen molar-refractivity contribution in [3.05, 3.63) is 22.6 Å². The molecule has 0 saturated carbocycles. The fourth-order valence-corrected chi connectivity index (χ4v) is 2.36. The fourth-order valence-electron chi connectivity index (χ4n) is 2.36. The molecule has 3 rings (SSSR count). The Morgan fingerprint density at radius 1 is 1.40 bits per heavy atom. The Balaban J connectivity index is 1.86. The zero-order valence-electron chi connectivity index (χ0n) is 8.35. The second-order valence-electron chi connectivity index (χ2n) is 4.17. The highest BCUT2D eigenvalue weighted by molar-refractivity contribution is 5.43. The molecule has 0 spiro atoms. The van der Waals surface area contributed by atoms with Gasteiger partial charge in [-0.2, -0.15) is 5.10 Å². The summed E-state index contributed by atoms with van der Waals surface area (Å²) in [7, 11) is 0. The van der Waals surface area contributed by atoms with E-state index < -0.39 is 0 Å². The number of nitrogens with zero attached hydrogens (tertiary/aromatic N) is 2. The van der Waals surface area contributed by atoms with E-state index in [2.05, 4.69) is 15.1 Å². The number of H-pyrrole nitrogens is 1. The van der Waals surface area contributed by atoms with Crippen molar-refractivity contribution in [2.75, 3.05) is 18.0 Å². The monoisotopic (exact) mass is 207 g/mol. The molecule has 5 heteroatoms. The van der Waals surface area contributed by atoms with Gasteiger partial charge in [-0.15, -0.1) is 0 Å². The first-order chi connectivity index (χ1) is 7.31. The SMILES string of the molecule is O=c1cc(N2CC3CCC(C2)O3)cn[nH]1. The van der Waals surface area contributed by atoms with E-state index in [1.807, 2.05) is 0 Å². The van der Waals surface area contributed by atoms with Gasteiger partial charge in [-0.25, -0.2) is 5.10 Å². The molecule has 3 heterocycles. The van der Waals surface area contributed by atoms with Gasteiger partial charge in [0.25, 0.3) is 5.56 Å². The molecule has 0 aliphatic carbocycles. The number of hydrogen-bond acceptors (Lipinski definition) is 4. The van der Waals surface area contributed by atoms with Crippen LogP contribution in [0.15, 0.2) is 17.1 Å². The van der Waals surface area contributed by atoms with E-state index in [0.717, 1.165) is 31.6 Å². The van der Waals surface area contributed by atoms with Crippen molar-refractivity contribution in [3.8, 4) is 0 Å². The van der Waals surface area contributed by atoms with E-state index in [9.17, 15) is 4.79 Å². The number of nitrogens with one attached hydrogen (secondary N) is 1. The quantitative estimate of drug-likeness (QED) is 0.711. The van der Waals surface area contributed by atoms with E-state index in [0.29, 0.717) is 12.2 Å². The minimum Gasteiger partial charge on any atom is -0.371 e. The van der Waals surface area contributed by atoms with Crippen molar-refractivity contribution in [2.24, 2.45) is 0 Å². The van der Waals surface area contributed by atoms with Crippen LogP contribution in [0, 0.1) is 0 Å².